The summed E-state index contributed by atoms with van der Waals surface area (Å²) in [5.41, 5.74) is -1.02. The molecular formula is C15H23N3O7P+. The Labute approximate surface area is 150 Å². The summed E-state index contributed by atoms with van der Waals surface area (Å²) in [6, 6.07) is 1.25. The van der Waals surface area contributed by atoms with Crippen LogP contribution in [0.15, 0.2) is 21.9 Å². The molecule has 10 nitrogen and oxygen atoms in total. The van der Waals surface area contributed by atoms with Gasteiger partial charge in [-0.1, -0.05) is 12.0 Å². The third kappa shape index (κ3) is 5.84. The molecule has 0 radical (unpaired) electrons. The standard InChI is InChI=1S/C15H22N3O7P/c1-9(2)24-13(20)7-16-26(22)23-8-11-6-10(3)14(25-11)18-5-4-12(19)17-15(18)21/h4-5,9-11,14H,6-8H2,1-3H3,(H-,16,17,19,21,22)/p+1/t10-,11?,14?/m0/s1. The molecule has 0 amide bonds. The number of rotatable bonds is 8. The number of ether oxygens (including phenoxy) is 2. The lowest BCUT2D eigenvalue weighted by molar-refractivity contribution is -0.145. The average Bonchev–Trinajstić information content (AvgIpc) is 2.91. The van der Waals surface area contributed by atoms with Crippen molar-refractivity contribution in [3.63, 3.8) is 0 Å². The number of carbonyl (C=O) groups is 1. The largest absolute Gasteiger partial charge is 0.613 e. The molecule has 144 valence electrons. The molecule has 1 aliphatic rings. The number of aromatic nitrogens is 2. The topological polar surface area (TPSA) is 129 Å². The lowest BCUT2D eigenvalue weighted by Gasteiger charge is -2.17. The summed E-state index contributed by atoms with van der Waals surface area (Å²) in [6.45, 7) is 5.17. The highest BCUT2D eigenvalue weighted by atomic mass is 31.1. The monoisotopic (exact) mass is 388 g/mol. The number of H-pyrrole nitrogens is 1. The molecule has 2 heterocycles. The van der Waals surface area contributed by atoms with Crippen LogP contribution in [0.25, 0.3) is 0 Å². The van der Waals surface area contributed by atoms with Crippen molar-refractivity contribution < 1.29 is 23.4 Å². The molecule has 1 fully saturated rings. The van der Waals surface area contributed by atoms with Crippen molar-refractivity contribution in [2.45, 2.75) is 45.6 Å². The number of hydrogen-bond acceptors (Lipinski definition) is 7. The fourth-order valence-electron chi connectivity index (χ4n) is 2.62. The number of esters is 1. The second-order valence-electron chi connectivity index (χ2n) is 6.31. The van der Waals surface area contributed by atoms with Gasteiger partial charge in [0.2, 0.25) is 0 Å². The van der Waals surface area contributed by atoms with Crippen molar-refractivity contribution in [2.24, 2.45) is 5.92 Å². The van der Waals surface area contributed by atoms with Crippen LogP contribution in [-0.2, 0) is 23.4 Å². The number of carbonyl (C=O) groups excluding carboxylic acids is 1. The Morgan fingerprint density at radius 3 is 2.88 bits per heavy atom. The lowest BCUT2D eigenvalue weighted by Crippen LogP contribution is -2.33. The second-order valence-corrected chi connectivity index (χ2v) is 7.39. The van der Waals surface area contributed by atoms with Gasteiger partial charge in [0.1, 0.15) is 19.4 Å². The molecule has 1 aromatic heterocycles. The zero-order chi connectivity index (χ0) is 19.3. The minimum absolute atomic E-state index is 0.000870. The van der Waals surface area contributed by atoms with E-state index < -0.39 is 31.6 Å². The van der Waals surface area contributed by atoms with E-state index in [1.54, 1.807) is 13.8 Å². The SMILES string of the molecule is CC(C)OC(=O)CN[P+](=O)OCC1C[C@H](C)C(n2ccc(=O)[nH]c2=O)O1. The minimum Gasteiger partial charge on any atom is -0.462 e. The number of aromatic amines is 1. The first-order chi connectivity index (χ1) is 12.3. The Kier molecular flexibility index (Phi) is 7.22. The summed E-state index contributed by atoms with van der Waals surface area (Å²) in [5, 5.41) is 2.44. The van der Waals surface area contributed by atoms with E-state index in [1.165, 1.54) is 16.8 Å². The van der Waals surface area contributed by atoms with Gasteiger partial charge < -0.3 is 9.47 Å². The Morgan fingerprint density at radius 1 is 1.50 bits per heavy atom. The maximum Gasteiger partial charge on any atom is 0.613 e. The van der Waals surface area contributed by atoms with Crippen LogP contribution < -0.4 is 16.3 Å². The van der Waals surface area contributed by atoms with Gasteiger partial charge in [0, 0.05) is 18.2 Å². The fraction of sp³-hybridized carbons (Fsp3) is 0.667. The summed E-state index contributed by atoms with van der Waals surface area (Å²) >= 11 is 0. The molecule has 0 aliphatic carbocycles. The van der Waals surface area contributed by atoms with E-state index in [2.05, 4.69) is 10.1 Å². The molecule has 3 unspecified atom stereocenters. The normalized spacial score (nSPS) is 23.2. The van der Waals surface area contributed by atoms with Gasteiger partial charge in [-0.3, -0.25) is 19.1 Å². The highest BCUT2D eigenvalue weighted by Gasteiger charge is 2.36. The van der Waals surface area contributed by atoms with Gasteiger partial charge in [-0.2, -0.15) is 0 Å². The summed E-state index contributed by atoms with van der Waals surface area (Å²) in [6.07, 6.45) is 0.824. The van der Waals surface area contributed by atoms with Crippen molar-refractivity contribution in [1.82, 2.24) is 14.6 Å². The lowest BCUT2D eigenvalue weighted by atomic mass is 10.1. The molecular weight excluding hydrogens is 365 g/mol. The van der Waals surface area contributed by atoms with Crippen molar-refractivity contribution in [1.29, 1.82) is 0 Å². The minimum atomic E-state index is -2.24. The molecule has 1 aromatic rings. The van der Waals surface area contributed by atoms with Crippen LogP contribution in [0.3, 0.4) is 0 Å². The molecule has 2 rings (SSSR count). The quantitative estimate of drug-likeness (QED) is 0.491. The van der Waals surface area contributed by atoms with Gasteiger partial charge in [-0.05, 0) is 24.8 Å². The Balaban J connectivity index is 1.81. The highest BCUT2D eigenvalue weighted by Crippen LogP contribution is 2.34. The van der Waals surface area contributed by atoms with Crippen LogP contribution >= 0.6 is 8.18 Å². The highest BCUT2D eigenvalue weighted by molar-refractivity contribution is 7.36. The third-order valence-electron chi connectivity index (χ3n) is 3.68. The van der Waals surface area contributed by atoms with Crippen LogP contribution in [0, 0.1) is 5.92 Å². The van der Waals surface area contributed by atoms with Crippen molar-refractivity contribution >= 4 is 14.1 Å². The van der Waals surface area contributed by atoms with E-state index in [4.69, 9.17) is 14.0 Å². The summed E-state index contributed by atoms with van der Waals surface area (Å²) in [5.74, 6) is -0.519. The molecule has 0 bridgehead atoms. The molecule has 1 saturated heterocycles. The fourth-order valence-corrected chi connectivity index (χ4v) is 3.27. The molecule has 11 heteroatoms. The van der Waals surface area contributed by atoms with Gasteiger partial charge in [0.05, 0.1) is 12.2 Å². The summed E-state index contributed by atoms with van der Waals surface area (Å²) < 4.78 is 29.0. The number of hydrogen-bond donors (Lipinski definition) is 2. The summed E-state index contributed by atoms with van der Waals surface area (Å²) in [7, 11) is -2.24. The van der Waals surface area contributed by atoms with E-state index in [0.29, 0.717) is 6.42 Å². The van der Waals surface area contributed by atoms with Gasteiger partial charge in [-0.15, -0.1) is 4.52 Å². The molecule has 4 atom stereocenters. The summed E-state index contributed by atoms with van der Waals surface area (Å²) in [4.78, 5) is 36.6. The molecule has 0 spiro atoms. The van der Waals surface area contributed by atoms with Crippen LogP contribution in [0.4, 0.5) is 0 Å². The first kappa shape index (κ1) is 20.4. The van der Waals surface area contributed by atoms with E-state index in [-0.39, 0.29) is 31.3 Å². The van der Waals surface area contributed by atoms with Crippen LogP contribution in [-0.4, -0.2) is 40.9 Å². The predicted molar refractivity (Wildman–Crippen MR) is 91.8 cm³/mol. The van der Waals surface area contributed by atoms with Crippen LogP contribution in [0.5, 0.6) is 0 Å². The van der Waals surface area contributed by atoms with E-state index in [0.717, 1.165) is 0 Å². The first-order valence-electron chi connectivity index (χ1n) is 8.26. The predicted octanol–water partition coefficient (Wildman–Crippen LogP) is 0.675. The molecule has 0 saturated carbocycles. The zero-order valence-corrected chi connectivity index (χ0v) is 15.7. The van der Waals surface area contributed by atoms with E-state index >= 15 is 0 Å². The molecule has 2 N–H and O–H groups in total. The van der Waals surface area contributed by atoms with E-state index in [9.17, 15) is 18.9 Å². The number of nitrogens with one attached hydrogen (secondary N) is 2. The molecule has 1 aliphatic heterocycles. The Bertz CT molecular complexity index is 760. The maximum absolute atomic E-state index is 11.9. The zero-order valence-electron chi connectivity index (χ0n) is 14.8. The van der Waals surface area contributed by atoms with Gasteiger partial charge in [0.25, 0.3) is 5.56 Å². The second kappa shape index (κ2) is 9.18. The van der Waals surface area contributed by atoms with Gasteiger partial charge >= 0.3 is 19.8 Å². The Hall–Kier alpha value is -1.87. The third-order valence-corrected chi connectivity index (χ3v) is 4.48. The van der Waals surface area contributed by atoms with Crippen molar-refractivity contribution in [2.75, 3.05) is 13.2 Å². The number of nitrogens with zero attached hydrogens (tertiary/aromatic N) is 1. The van der Waals surface area contributed by atoms with Gasteiger partial charge in [-0.25, -0.2) is 4.79 Å². The maximum atomic E-state index is 11.9. The van der Waals surface area contributed by atoms with Crippen LogP contribution in [0.2, 0.25) is 0 Å². The van der Waals surface area contributed by atoms with Gasteiger partial charge in [0.15, 0.2) is 0 Å². The first-order valence-corrected chi connectivity index (χ1v) is 9.44. The van der Waals surface area contributed by atoms with Crippen molar-refractivity contribution in [3.05, 3.63) is 33.1 Å². The average molecular weight is 388 g/mol. The molecule has 26 heavy (non-hydrogen) atoms. The Morgan fingerprint density at radius 2 is 2.23 bits per heavy atom. The van der Waals surface area contributed by atoms with Crippen LogP contribution in [0.1, 0.15) is 33.4 Å². The smallest absolute Gasteiger partial charge is 0.462 e. The van der Waals surface area contributed by atoms with Crippen molar-refractivity contribution in [3.8, 4) is 0 Å². The van der Waals surface area contributed by atoms with E-state index in [1.807, 2.05) is 6.92 Å². The molecule has 0 aromatic carbocycles.